The molecule has 0 spiro atoms. The minimum atomic E-state index is -4.04. The van der Waals surface area contributed by atoms with Gasteiger partial charge >= 0.3 is 10.2 Å². The fourth-order valence-electron chi connectivity index (χ4n) is 1.17. The van der Waals surface area contributed by atoms with Crippen LogP contribution in [0.25, 0.3) is 0 Å². The highest BCUT2D eigenvalue weighted by Crippen LogP contribution is 2.13. The van der Waals surface area contributed by atoms with Crippen molar-refractivity contribution in [1.29, 1.82) is 0 Å². The van der Waals surface area contributed by atoms with E-state index in [1.165, 1.54) is 31.2 Å². The summed E-state index contributed by atoms with van der Waals surface area (Å²) in [5, 5.41) is 11.5. The van der Waals surface area contributed by atoms with Gasteiger partial charge in [-0.05, 0) is 24.3 Å². The molecule has 9 heteroatoms. The van der Waals surface area contributed by atoms with Crippen molar-refractivity contribution < 1.29 is 23.1 Å². The van der Waals surface area contributed by atoms with E-state index in [1.54, 1.807) is 4.72 Å². The molecule has 1 aromatic rings. The summed E-state index contributed by atoms with van der Waals surface area (Å²) in [5.74, 6) is -1.23. The molecule has 0 heterocycles. The standard InChI is InChI=1S/C11H15N3O5S/c1-2-10(16)14-20(18,19)12-7-11(17)13-8-3-5-9(15)6-4-8/h3-6,12,15H,2,7H2,1H3,(H,13,17)(H,14,16). The van der Waals surface area contributed by atoms with E-state index in [9.17, 15) is 18.0 Å². The number of amides is 2. The lowest BCUT2D eigenvalue weighted by atomic mass is 10.3. The molecule has 0 aliphatic carbocycles. The number of benzene rings is 1. The van der Waals surface area contributed by atoms with Crippen LogP contribution in [0.15, 0.2) is 24.3 Å². The predicted molar refractivity (Wildman–Crippen MR) is 72.1 cm³/mol. The smallest absolute Gasteiger partial charge is 0.301 e. The quantitative estimate of drug-likeness (QED) is 0.536. The van der Waals surface area contributed by atoms with E-state index in [0.717, 1.165) is 0 Å². The van der Waals surface area contributed by atoms with Crippen LogP contribution < -0.4 is 14.8 Å². The normalized spacial score (nSPS) is 10.8. The summed E-state index contributed by atoms with van der Waals surface area (Å²) in [5.41, 5.74) is 0.407. The van der Waals surface area contributed by atoms with Gasteiger partial charge in [0.25, 0.3) is 0 Å². The first-order chi connectivity index (χ1) is 9.32. The van der Waals surface area contributed by atoms with E-state index in [1.807, 2.05) is 4.72 Å². The number of hydrogen-bond donors (Lipinski definition) is 4. The zero-order valence-electron chi connectivity index (χ0n) is 10.7. The Balaban J connectivity index is 2.47. The molecule has 0 bridgehead atoms. The first-order valence-electron chi connectivity index (χ1n) is 5.71. The van der Waals surface area contributed by atoms with Crippen molar-refractivity contribution in [2.45, 2.75) is 13.3 Å². The van der Waals surface area contributed by atoms with Gasteiger partial charge in [0.15, 0.2) is 0 Å². The highest BCUT2D eigenvalue weighted by atomic mass is 32.2. The number of phenolic OH excluding ortho intramolecular Hbond substituents is 1. The average Bonchev–Trinajstić information content (AvgIpc) is 2.39. The number of hydrogen-bond acceptors (Lipinski definition) is 5. The lowest BCUT2D eigenvalue weighted by Gasteiger charge is -2.08. The van der Waals surface area contributed by atoms with Crippen LogP contribution in [0.1, 0.15) is 13.3 Å². The van der Waals surface area contributed by atoms with Crippen LogP contribution in [0.5, 0.6) is 5.75 Å². The zero-order valence-corrected chi connectivity index (χ0v) is 11.5. The monoisotopic (exact) mass is 301 g/mol. The highest BCUT2D eigenvalue weighted by molar-refractivity contribution is 7.88. The van der Waals surface area contributed by atoms with Crippen LogP contribution in [0.3, 0.4) is 0 Å². The van der Waals surface area contributed by atoms with E-state index in [4.69, 9.17) is 5.11 Å². The third kappa shape index (κ3) is 5.67. The molecule has 0 aliphatic rings. The summed E-state index contributed by atoms with van der Waals surface area (Å²) in [6, 6.07) is 5.67. The Morgan fingerprint density at radius 2 is 1.75 bits per heavy atom. The molecule has 0 fully saturated rings. The maximum Gasteiger partial charge on any atom is 0.301 e. The molecule has 0 atom stereocenters. The van der Waals surface area contributed by atoms with Gasteiger partial charge in [-0.2, -0.15) is 13.1 Å². The lowest BCUT2D eigenvalue weighted by Crippen LogP contribution is -2.43. The molecule has 0 aliphatic heterocycles. The topological polar surface area (TPSA) is 125 Å². The number of anilines is 1. The predicted octanol–water partition coefficient (Wildman–Crippen LogP) is -0.309. The average molecular weight is 301 g/mol. The van der Waals surface area contributed by atoms with Gasteiger partial charge in [-0.15, -0.1) is 0 Å². The summed E-state index contributed by atoms with van der Waals surface area (Å²) in [4.78, 5) is 22.4. The molecule has 110 valence electrons. The number of phenols is 1. The van der Waals surface area contributed by atoms with Crippen molar-refractivity contribution in [3.8, 4) is 5.75 Å². The molecule has 0 radical (unpaired) electrons. The van der Waals surface area contributed by atoms with Crippen LogP contribution in [-0.2, 0) is 19.8 Å². The molecule has 4 N–H and O–H groups in total. The maximum atomic E-state index is 11.5. The van der Waals surface area contributed by atoms with Crippen LogP contribution in [0.4, 0.5) is 5.69 Å². The minimum Gasteiger partial charge on any atom is -0.508 e. The van der Waals surface area contributed by atoms with E-state index >= 15 is 0 Å². The molecule has 1 rings (SSSR count). The van der Waals surface area contributed by atoms with Crippen molar-refractivity contribution in [2.24, 2.45) is 0 Å². The maximum absolute atomic E-state index is 11.5. The number of carbonyl (C=O) groups excluding carboxylic acids is 2. The van der Waals surface area contributed by atoms with E-state index in [2.05, 4.69) is 5.32 Å². The Bertz CT molecular complexity index is 583. The second kappa shape index (κ2) is 6.87. The largest absolute Gasteiger partial charge is 0.508 e. The van der Waals surface area contributed by atoms with Crippen LogP contribution in [-0.4, -0.2) is 31.9 Å². The molecule has 0 saturated heterocycles. The molecule has 0 unspecified atom stereocenters. The number of carbonyl (C=O) groups is 2. The van der Waals surface area contributed by atoms with Gasteiger partial charge in [0, 0.05) is 12.1 Å². The summed E-state index contributed by atoms with van der Waals surface area (Å²) in [7, 11) is -4.04. The summed E-state index contributed by atoms with van der Waals surface area (Å²) >= 11 is 0. The highest BCUT2D eigenvalue weighted by Gasteiger charge is 2.14. The summed E-state index contributed by atoms with van der Waals surface area (Å²) < 4.78 is 26.4. The number of aromatic hydroxyl groups is 1. The van der Waals surface area contributed by atoms with Crippen LogP contribution in [0.2, 0.25) is 0 Å². The molecule has 20 heavy (non-hydrogen) atoms. The fourth-order valence-corrected chi connectivity index (χ4v) is 2.01. The lowest BCUT2D eigenvalue weighted by molar-refractivity contribution is -0.119. The van der Waals surface area contributed by atoms with Gasteiger partial charge in [0.05, 0.1) is 6.54 Å². The first-order valence-corrected chi connectivity index (χ1v) is 7.20. The zero-order chi connectivity index (χ0) is 15.2. The second-order valence-corrected chi connectivity index (χ2v) is 5.30. The number of rotatable bonds is 6. The van der Waals surface area contributed by atoms with E-state index in [-0.39, 0.29) is 12.2 Å². The van der Waals surface area contributed by atoms with Crippen molar-refractivity contribution in [1.82, 2.24) is 9.44 Å². The van der Waals surface area contributed by atoms with Gasteiger partial charge in [-0.25, -0.2) is 4.72 Å². The van der Waals surface area contributed by atoms with Crippen molar-refractivity contribution in [3.63, 3.8) is 0 Å². The van der Waals surface area contributed by atoms with Gasteiger partial charge in [0.2, 0.25) is 11.8 Å². The van der Waals surface area contributed by atoms with Crippen molar-refractivity contribution >= 4 is 27.7 Å². The molecule has 0 aromatic heterocycles. The summed E-state index contributed by atoms with van der Waals surface area (Å²) in [6.45, 7) is 0.982. The van der Waals surface area contributed by atoms with Crippen LogP contribution in [0, 0.1) is 0 Å². The molecular formula is C11H15N3O5S. The van der Waals surface area contributed by atoms with Crippen molar-refractivity contribution in [3.05, 3.63) is 24.3 Å². The SMILES string of the molecule is CCC(=O)NS(=O)(=O)NCC(=O)Nc1ccc(O)cc1. The Labute approximate surface area is 116 Å². The fraction of sp³-hybridized carbons (Fsp3) is 0.273. The third-order valence-corrected chi connectivity index (χ3v) is 3.16. The van der Waals surface area contributed by atoms with Crippen molar-refractivity contribution in [2.75, 3.05) is 11.9 Å². The molecule has 0 saturated carbocycles. The number of nitrogens with one attached hydrogen (secondary N) is 3. The molecule has 1 aromatic carbocycles. The van der Waals surface area contributed by atoms with E-state index < -0.39 is 28.6 Å². The van der Waals surface area contributed by atoms with Gasteiger partial charge in [0.1, 0.15) is 5.75 Å². The minimum absolute atomic E-state index is 0.0145. The second-order valence-electron chi connectivity index (χ2n) is 3.80. The Morgan fingerprint density at radius 3 is 2.30 bits per heavy atom. The third-order valence-electron chi connectivity index (χ3n) is 2.14. The van der Waals surface area contributed by atoms with E-state index in [0.29, 0.717) is 5.69 Å². The van der Waals surface area contributed by atoms with Gasteiger partial charge in [-0.1, -0.05) is 6.92 Å². The molecular weight excluding hydrogens is 286 g/mol. The first kappa shape index (κ1) is 15.9. The van der Waals surface area contributed by atoms with Gasteiger partial charge in [-0.3, -0.25) is 9.59 Å². The Morgan fingerprint density at radius 1 is 1.15 bits per heavy atom. The molecule has 2 amide bonds. The Kier molecular flexibility index (Phi) is 5.47. The van der Waals surface area contributed by atoms with Gasteiger partial charge < -0.3 is 10.4 Å². The Hall–Kier alpha value is -2.13. The summed E-state index contributed by atoms with van der Waals surface area (Å²) in [6.07, 6.45) is 0.0145. The molecule has 8 nitrogen and oxygen atoms in total. The van der Waals surface area contributed by atoms with Crippen LogP contribution >= 0.6 is 0 Å².